The second-order valence-corrected chi connectivity index (χ2v) is 18.4. The SMILES string of the molecule is CCO[Si](CCCNC[SiH2]C(CCCCCCCN(C)C)[Si](C)(OC)OC)(OCC)OCC. The van der Waals surface area contributed by atoms with Gasteiger partial charge in [-0.1, -0.05) is 32.1 Å². The van der Waals surface area contributed by atoms with Crippen LogP contribution in [0.15, 0.2) is 0 Å². The van der Waals surface area contributed by atoms with Crippen LogP contribution in [0.3, 0.4) is 0 Å². The molecule has 0 radical (unpaired) electrons. The number of rotatable bonds is 24. The molecule has 0 amide bonds. The van der Waals surface area contributed by atoms with Crippen molar-refractivity contribution in [2.45, 2.75) is 83.5 Å². The van der Waals surface area contributed by atoms with Crippen molar-refractivity contribution >= 4 is 26.9 Å². The molecule has 0 aliphatic rings. The van der Waals surface area contributed by atoms with E-state index < -0.39 is 17.4 Å². The molecule has 0 bridgehead atoms. The molecule has 0 aliphatic heterocycles. The van der Waals surface area contributed by atoms with Gasteiger partial charge in [0, 0.05) is 49.6 Å². The topological polar surface area (TPSA) is 61.4 Å². The highest BCUT2D eigenvalue weighted by molar-refractivity contribution is 6.77. The van der Waals surface area contributed by atoms with Gasteiger partial charge >= 0.3 is 17.4 Å². The van der Waals surface area contributed by atoms with Crippen LogP contribution in [0.25, 0.3) is 0 Å². The van der Waals surface area contributed by atoms with E-state index in [0.717, 1.165) is 25.2 Å². The van der Waals surface area contributed by atoms with E-state index in [-0.39, 0.29) is 9.52 Å². The molecule has 0 aromatic carbocycles. The molecule has 0 spiro atoms. The summed E-state index contributed by atoms with van der Waals surface area (Å²) in [5, 5.41) is 4.33. The molecule has 0 saturated heterocycles. The monoisotopic (exact) mass is 524 g/mol. The number of hydrogen-bond acceptors (Lipinski definition) is 7. The Morgan fingerprint density at radius 1 is 0.818 bits per heavy atom. The zero-order chi connectivity index (χ0) is 25.0. The standard InChI is InChI=1S/C23H56N2O5Si3/c1-9-28-33(29-10-2,30-11-3)21-17-19-24-22-31-23(32(8,26-6)27-7)18-15-13-12-14-16-20-25(4)5/h23-24H,9-22,31H2,1-8H3. The van der Waals surface area contributed by atoms with Crippen molar-refractivity contribution in [2.24, 2.45) is 0 Å². The lowest BCUT2D eigenvalue weighted by atomic mass is 10.1. The van der Waals surface area contributed by atoms with Crippen molar-refractivity contribution in [3.05, 3.63) is 0 Å². The highest BCUT2D eigenvalue weighted by Crippen LogP contribution is 2.28. The Morgan fingerprint density at radius 2 is 1.36 bits per heavy atom. The maximum absolute atomic E-state index is 5.97. The van der Waals surface area contributed by atoms with Crippen molar-refractivity contribution in [2.75, 3.05) is 67.4 Å². The summed E-state index contributed by atoms with van der Waals surface area (Å²) in [6.07, 6.45) is 9.98. The van der Waals surface area contributed by atoms with Gasteiger partial charge in [-0.3, -0.25) is 0 Å². The Bertz CT molecular complexity index is 429. The molecule has 10 heteroatoms. The summed E-state index contributed by atoms with van der Waals surface area (Å²) in [6, 6.07) is 0.872. The van der Waals surface area contributed by atoms with Crippen LogP contribution in [0.5, 0.6) is 0 Å². The van der Waals surface area contributed by atoms with Crippen molar-refractivity contribution < 1.29 is 22.1 Å². The minimum Gasteiger partial charge on any atom is -0.398 e. The van der Waals surface area contributed by atoms with Crippen molar-refractivity contribution in [1.82, 2.24) is 10.2 Å². The molecule has 0 rings (SSSR count). The van der Waals surface area contributed by atoms with Gasteiger partial charge in [0.25, 0.3) is 0 Å². The second kappa shape index (κ2) is 20.6. The first-order chi connectivity index (χ1) is 15.8. The van der Waals surface area contributed by atoms with Crippen LogP contribution in [0.4, 0.5) is 0 Å². The van der Waals surface area contributed by atoms with Gasteiger partial charge in [-0.25, -0.2) is 0 Å². The maximum atomic E-state index is 5.97. The molecule has 0 aliphatic carbocycles. The molecule has 1 atom stereocenters. The van der Waals surface area contributed by atoms with Crippen LogP contribution < -0.4 is 5.32 Å². The van der Waals surface area contributed by atoms with Gasteiger partial charge in [0.2, 0.25) is 0 Å². The van der Waals surface area contributed by atoms with Gasteiger partial charge in [-0.2, -0.15) is 0 Å². The van der Waals surface area contributed by atoms with Gasteiger partial charge in [0.05, 0.1) is 0 Å². The summed E-state index contributed by atoms with van der Waals surface area (Å²) in [6.45, 7) is 12.4. The van der Waals surface area contributed by atoms with Gasteiger partial charge in [0.1, 0.15) is 0 Å². The molecular formula is C23H56N2O5Si3. The first-order valence-corrected chi connectivity index (χ1v) is 19.3. The molecule has 33 heavy (non-hydrogen) atoms. The summed E-state index contributed by atoms with van der Waals surface area (Å²) in [7, 11) is 3.04. The summed E-state index contributed by atoms with van der Waals surface area (Å²) in [5.74, 6) is 0. The Balaban J connectivity index is 4.41. The van der Waals surface area contributed by atoms with Crippen LogP contribution in [0, 0.1) is 0 Å². The van der Waals surface area contributed by atoms with E-state index in [9.17, 15) is 0 Å². The van der Waals surface area contributed by atoms with Gasteiger partial charge < -0.3 is 32.3 Å². The van der Waals surface area contributed by atoms with Crippen LogP contribution in [-0.2, 0) is 22.1 Å². The quantitative estimate of drug-likeness (QED) is 0.152. The Hall–Kier alpha value is 0.371. The molecule has 0 heterocycles. The summed E-state index contributed by atoms with van der Waals surface area (Å²) >= 11 is 0. The van der Waals surface area contributed by atoms with E-state index in [1.165, 1.54) is 45.1 Å². The summed E-state index contributed by atoms with van der Waals surface area (Å²) < 4.78 is 29.8. The van der Waals surface area contributed by atoms with E-state index >= 15 is 0 Å². The zero-order valence-electron chi connectivity index (χ0n) is 23.2. The normalized spacial score (nSPS) is 14.1. The Morgan fingerprint density at radius 3 is 1.88 bits per heavy atom. The smallest absolute Gasteiger partial charge is 0.398 e. The highest BCUT2D eigenvalue weighted by Gasteiger charge is 2.40. The van der Waals surface area contributed by atoms with Crippen LogP contribution >= 0.6 is 0 Å². The van der Waals surface area contributed by atoms with Crippen LogP contribution in [0.2, 0.25) is 17.8 Å². The number of unbranched alkanes of at least 4 members (excludes halogenated alkanes) is 4. The maximum Gasteiger partial charge on any atom is 0.500 e. The number of hydrogen-bond donors (Lipinski definition) is 1. The molecular weight excluding hydrogens is 469 g/mol. The fourth-order valence-corrected chi connectivity index (χ4v) is 13.4. The molecule has 1 unspecified atom stereocenters. The molecule has 200 valence electrons. The van der Waals surface area contributed by atoms with Gasteiger partial charge in [0.15, 0.2) is 0 Å². The van der Waals surface area contributed by atoms with E-state index in [1.54, 1.807) is 0 Å². The van der Waals surface area contributed by atoms with E-state index in [2.05, 4.69) is 30.9 Å². The second-order valence-electron chi connectivity index (χ2n) is 9.11. The van der Waals surface area contributed by atoms with E-state index in [0.29, 0.717) is 25.0 Å². The third-order valence-electron chi connectivity index (χ3n) is 6.31. The highest BCUT2D eigenvalue weighted by atomic mass is 28.4. The lowest BCUT2D eigenvalue weighted by molar-refractivity contribution is 0.0708. The van der Waals surface area contributed by atoms with Crippen LogP contribution in [-0.4, -0.2) is 99.2 Å². The number of nitrogens with one attached hydrogen (secondary N) is 1. The third-order valence-corrected chi connectivity index (χ3v) is 17.7. The van der Waals surface area contributed by atoms with E-state index in [1.807, 2.05) is 35.0 Å². The minimum absolute atomic E-state index is 0.335. The average molecular weight is 525 g/mol. The van der Waals surface area contributed by atoms with Crippen LogP contribution in [0.1, 0.15) is 65.7 Å². The Labute approximate surface area is 210 Å². The summed E-state index contributed by atoms with van der Waals surface area (Å²) in [4.78, 5) is 2.27. The third kappa shape index (κ3) is 15.2. The Kier molecular flexibility index (Phi) is 20.8. The molecule has 0 saturated carbocycles. The molecule has 7 nitrogen and oxygen atoms in total. The lowest BCUT2D eigenvalue weighted by Gasteiger charge is -2.32. The molecule has 0 aromatic rings. The summed E-state index contributed by atoms with van der Waals surface area (Å²) in [5.41, 5.74) is 0. The van der Waals surface area contributed by atoms with Gasteiger partial charge in [-0.15, -0.1) is 0 Å². The average Bonchev–Trinajstić information content (AvgIpc) is 2.79. The van der Waals surface area contributed by atoms with Crippen molar-refractivity contribution in [3.8, 4) is 0 Å². The fraction of sp³-hybridized carbons (Fsp3) is 1.00. The lowest BCUT2D eigenvalue weighted by Crippen LogP contribution is -2.47. The van der Waals surface area contributed by atoms with E-state index in [4.69, 9.17) is 22.1 Å². The molecule has 0 aromatic heterocycles. The fourth-order valence-electron chi connectivity index (χ4n) is 4.27. The molecule has 0 fully saturated rings. The number of nitrogens with zero attached hydrogens (tertiary/aromatic N) is 1. The van der Waals surface area contributed by atoms with Gasteiger partial charge in [-0.05, 0) is 78.7 Å². The van der Waals surface area contributed by atoms with Crippen molar-refractivity contribution in [1.29, 1.82) is 0 Å². The van der Waals surface area contributed by atoms with Crippen molar-refractivity contribution in [3.63, 3.8) is 0 Å². The minimum atomic E-state index is -2.52. The first-order valence-electron chi connectivity index (χ1n) is 13.2. The predicted octanol–water partition coefficient (Wildman–Crippen LogP) is 3.74. The molecule has 1 N–H and O–H groups in total. The first kappa shape index (κ1) is 33.4. The predicted molar refractivity (Wildman–Crippen MR) is 147 cm³/mol. The zero-order valence-corrected chi connectivity index (χ0v) is 26.6. The largest absolute Gasteiger partial charge is 0.500 e.